The summed E-state index contributed by atoms with van der Waals surface area (Å²) < 4.78 is 14.8. The van der Waals surface area contributed by atoms with Crippen LogP contribution in [-0.2, 0) is 18.0 Å². The minimum atomic E-state index is 0.458. The highest BCUT2D eigenvalue weighted by Crippen LogP contribution is 2.19. The fraction of sp³-hybridized carbons (Fsp3) is 0.429. The maximum Gasteiger partial charge on any atom is 0.135 e. The molecule has 2 rings (SSSR count). The van der Waals surface area contributed by atoms with Crippen LogP contribution in [0.3, 0.4) is 0 Å². The average Bonchev–Trinajstić information content (AvgIpc) is 2.93. The largest absolute Gasteiger partial charge is 0.497 e. The van der Waals surface area contributed by atoms with Crippen molar-refractivity contribution in [3.63, 3.8) is 0 Å². The van der Waals surface area contributed by atoms with Gasteiger partial charge in [0.15, 0.2) is 0 Å². The maximum atomic E-state index is 5.69. The first-order chi connectivity index (χ1) is 9.83. The molecule has 0 saturated heterocycles. The van der Waals surface area contributed by atoms with Crippen LogP contribution in [0.2, 0.25) is 0 Å². The summed E-state index contributed by atoms with van der Waals surface area (Å²) in [5.74, 6) is 0.840. The quantitative estimate of drug-likeness (QED) is 0.810. The summed E-state index contributed by atoms with van der Waals surface area (Å²) >= 11 is 1.37. The summed E-state index contributed by atoms with van der Waals surface area (Å²) in [6, 6.07) is 7.85. The van der Waals surface area contributed by atoms with Crippen LogP contribution in [-0.4, -0.2) is 23.2 Å². The molecule has 0 aliphatic carbocycles. The first kappa shape index (κ1) is 14.7. The van der Waals surface area contributed by atoms with Gasteiger partial charge in [-0.3, -0.25) is 0 Å². The lowest BCUT2D eigenvalue weighted by Crippen LogP contribution is -2.02. The van der Waals surface area contributed by atoms with Crippen LogP contribution in [0.1, 0.15) is 24.6 Å². The van der Waals surface area contributed by atoms with Gasteiger partial charge in [-0.1, -0.05) is 23.5 Å². The second kappa shape index (κ2) is 7.81. The van der Waals surface area contributed by atoms with Crippen molar-refractivity contribution < 1.29 is 9.47 Å². The number of hydrogen-bond donors (Lipinski definition) is 1. The Morgan fingerprint density at radius 1 is 1.30 bits per heavy atom. The molecule has 0 amide bonds. The van der Waals surface area contributed by atoms with Crippen LogP contribution in [0.4, 0.5) is 5.00 Å². The molecule has 1 aromatic heterocycles. The molecule has 0 radical (unpaired) electrons. The molecule has 6 heteroatoms. The van der Waals surface area contributed by atoms with Crippen molar-refractivity contribution in [1.29, 1.82) is 0 Å². The lowest BCUT2D eigenvalue weighted by Gasteiger charge is -2.06. The van der Waals surface area contributed by atoms with Crippen molar-refractivity contribution in [2.24, 2.45) is 0 Å². The summed E-state index contributed by atoms with van der Waals surface area (Å²) in [6.45, 7) is 4.04. The number of aromatic nitrogens is 2. The Hall–Kier alpha value is -1.66. The number of nitrogens with one attached hydrogen (secondary N) is 1. The highest BCUT2D eigenvalue weighted by atomic mass is 32.1. The van der Waals surface area contributed by atoms with Gasteiger partial charge in [0.25, 0.3) is 0 Å². The number of nitrogens with zero attached hydrogens (tertiary/aromatic N) is 2. The number of methoxy groups -OCH3 is 1. The van der Waals surface area contributed by atoms with E-state index in [4.69, 9.17) is 9.47 Å². The molecule has 0 unspecified atom stereocenters. The van der Waals surface area contributed by atoms with E-state index >= 15 is 0 Å². The molecule has 0 spiro atoms. The van der Waals surface area contributed by atoms with Gasteiger partial charge in [0.1, 0.15) is 16.4 Å². The van der Waals surface area contributed by atoms with E-state index in [1.54, 1.807) is 7.11 Å². The Kier molecular flexibility index (Phi) is 5.76. The Morgan fingerprint density at radius 3 is 3.00 bits per heavy atom. The summed E-state index contributed by atoms with van der Waals surface area (Å²) in [7, 11) is 1.66. The van der Waals surface area contributed by atoms with Crippen molar-refractivity contribution in [3.05, 3.63) is 35.5 Å². The third-order valence-corrected chi connectivity index (χ3v) is 3.46. The number of benzene rings is 1. The smallest absolute Gasteiger partial charge is 0.135 e. The summed E-state index contributed by atoms with van der Waals surface area (Å²) in [4.78, 5) is 0. The van der Waals surface area contributed by atoms with Crippen LogP contribution < -0.4 is 10.1 Å². The molecule has 0 saturated carbocycles. The van der Waals surface area contributed by atoms with E-state index in [-0.39, 0.29) is 0 Å². The average molecular weight is 293 g/mol. The van der Waals surface area contributed by atoms with Gasteiger partial charge in [-0.15, -0.1) is 5.10 Å². The highest BCUT2D eigenvalue weighted by molar-refractivity contribution is 7.10. The van der Waals surface area contributed by atoms with Crippen molar-refractivity contribution in [2.45, 2.75) is 26.6 Å². The zero-order valence-corrected chi connectivity index (χ0v) is 12.6. The molecule has 0 fully saturated rings. The summed E-state index contributed by atoms with van der Waals surface area (Å²) in [5, 5.41) is 8.39. The van der Waals surface area contributed by atoms with Gasteiger partial charge < -0.3 is 14.8 Å². The molecule has 0 atom stereocenters. The second-order valence-corrected chi connectivity index (χ2v) is 5.07. The van der Waals surface area contributed by atoms with Gasteiger partial charge in [0.05, 0.1) is 20.3 Å². The molecular weight excluding hydrogens is 274 g/mol. The molecule has 5 nitrogen and oxygen atoms in total. The molecule has 1 aromatic carbocycles. The van der Waals surface area contributed by atoms with Gasteiger partial charge >= 0.3 is 0 Å². The van der Waals surface area contributed by atoms with Crippen molar-refractivity contribution >= 4 is 16.5 Å². The predicted octanol–water partition coefficient (Wildman–Crippen LogP) is 3.09. The van der Waals surface area contributed by atoms with Gasteiger partial charge in [0, 0.05) is 18.1 Å². The van der Waals surface area contributed by atoms with Gasteiger partial charge in [-0.2, -0.15) is 0 Å². The number of rotatable bonds is 8. The van der Waals surface area contributed by atoms with Crippen molar-refractivity contribution in [1.82, 2.24) is 9.59 Å². The van der Waals surface area contributed by atoms with E-state index in [1.165, 1.54) is 11.5 Å². The lowest BCUT2D eigenvalue weighted by atomic mass is 10.2. The molecule has 0 bridgehead atoms. The molecule has 0 aliphatic rings. The standard InChI is InChI=1S/C14H19N3O2S/c1-3-7-15-14-13(16-17-20-14)10-19-9-11-5-4-6-12(8-11)18-2/h4-6,8,15H,3,7,9-10H2,1-2H3. The minimum Gasteiger partial charge on any atom is -0.497 e. The fourth-order valence-corrected chi connectivity index (χ4v) is 2.30. The van der Waals surface area contributed by atoms with E-state index in [9.17, 15) is 0 Å². The molecule has 2 aromatic rings. The molecular formula is C14H19N3O2S. The number of anilines is 1. The zero-order valence-electron chi connectivity index (χ0n) is 11.8. The van der Waals surface area contributed by atoms with Crippen LogP contribution in [0.15, 0.2) is 24.3 Å². The predicted molar refractivity (Wildman–Crippen MR) is 80.2 cm³/mol. The minimum absolute atomic E-state index is 0.458. The van der Waals surface area contributed by atoms with E-state index in [0.29, 0.717) is 13.2 Å². The van der Waals surface area contributed by atoms with E-state index in [1.807, 2.05) is 24.3 Å². The Bertz CT molecular complexity index is 531. The molecule has 108 valence electrons. The van der Waals surface area contributed by atoms with E-state index < -0.39 is 0 Å². The Morgan fingerprint density at radius 2 is 2.20 bits per heavy atom. The third kappa shape index (κ3) is 4.18. The normalized spacial score (nSPS) is 10.5. The molecule has 20 heavy (non-hydrogen) atoms. The van der Waals surface area contributed by atoms with Gasteiger partial charge in [-0.25, -0.2) is 0 Å². The summed E-state index contributed by atoms with van der Waals surface area (Å²) in [5.41, 5.74) is 1.95. The zero-order chi connectivity index (χ0) is 14.2. The monoisotopic (exact) mass is 293 g/mol. The van der Waals surface area contributed by atoms with Gasteiger partial charge in [0.2, 0.25) is 0 Å². The Labute approximate surface area is 123 Å². The molecule has 1 heterocycles. The first-order valence-corrected chi connectivity index (χ1v) is 7.36. The van der Waals surface area contributed by atoms with Crippen LogP contribution in [0, 0.1) is 0 Å². The number of ether oxygens (including phenoxy) is 2. The van der Waals surface area contributed by atoms with Gasteiger partial charge in [-0.05, 0) is 24.1 Å². The highest BCUT2D eigenvalue weighted by Gasteiger charge is 2.07. The topological polar surface area (TPSA) is 56.3 Å². The number of hydrogen-bond acceptors (Lipinski definition) is 6. The van der Waals surface area contributed by atoms with E-state index in [0.717, 1.165) is 35.0 Å². The van der Waals surface area contributed by atoms with Crippen LogP contribution in [0.25, 0.3) is 0 Å². The van der Waals surface area contributed by atoms with Crippen molar-refractivity contribution in [2.75, 3.05) is 19.0 Å². The second-order valence-electron chi connectivity index (χ2n) is 4.32. The van der Waals surface area contributed by atoms with E-state index in [2.05, 4.69) is 21.8 Å². The lowest BCUT2D eigenvalue weighted by molar-refractivity contribution is 0.105. The third-order valence-electron chi connectivity index (χ3n) is 2.73. The van der Waals surface area contributed by atoms with Crippen LogP contribution >= 0.6 is 11.5 Å². The summed E-state index contributed by atoms with van der Waals surface area (Å²) in [6.07, 6.45) is 1.07. The maximum absolute atomic E-state index is 5.69. The Balaban J connectivity index is 1.84. The fourth-order valence-electron chi connectivity index (χ4n) is 1.70. The van der Waals surface area contributed by atoms with Crippen molar-refractivity contribution in [3.8, 4) is 5.75 Å². The van der Waals surface area contributed by atoms with Crippen LogP contribution in [0.5, 0.6) is 5.75 Å². The SMILES string of the molecule is CCCNc1snnc1COCc1cccc(OC)c1. The first-order valence-electron chi connectivity index (χ1n) is 6.59. The molecule has 0 aliphatic heterocycles. The molecule has 1 N–H and O–H groups in total.